The van der Waals surface area contributed by atoms with Crippen molar-refractivity contribution < 1.29 is 4.79 Å². The first kappa shape index (κ1) is 14.5. The van der Waals surface area contributed by atoms with Gasteiger partial charge in [0.1, 0.15) is 0 Å². The Balaban J connectivity index is 1.59. The summed E-state index contributed by atoms with van der Waals surface area (Å²) in [5, 5.41) is 0. The highest BCUT2D eigenvalue weighted by Crippen LogP contribution is 2.34. The van der Waals surface area contributed by atoms with Crippen LogP contribution in [0.1, 0.15) is 30.5 Å². The average molecular weight is 306 g/mol. The van der Waals surface area contributed by atoms with Crippen LogP contribution < -0.4 is 4.90 Å². The predicted octanol–water partition coefficient (Wildman–Crippen LogP) is 3.41. The number of hydrogen-bond donors (Lipinski definition) is 0. The van der Waals surface area contributed by atoms with E-state index in [1.807, 2.05) is 17.0 Å². The van der Waals surface area contributed by atoms with Crippen LogP contribution in [-0.2, 0) is 11.2 Å². The van der Waals surface area contributed by atoms with Crippen LogP contribution >= 0.6 is 0 Å². The fourth-order valence-corrected chi connectivity index (χ4v) is 3.94. The summed E-state index contributed by atoms with van der Waals surface area (Å²) in [7, 11) is 0. The lowest BCUT2D eigenvalue weighted by Crippen LogP contribution is -2.58. The Bertz CT molecular complexity index is 713. The van der Waals surface area contributed by atoms with Crippen molar-refractivity contribution in [2.24, 2.45) is 0 Å². The number of carbonyl (C=O) groups is 1. The average Bonchev–Trinajstić information content (AvgIpc) is 2.61. The van der Waals surface area contributed by atoms with Crippen LogP contribution in [-0.4, -0.2) is 29.9 Å². The quantitative estimate of drug-likeness (QED) is 0.849. The Morgan fingerprint density at radius 3 is 2.61 bits per heavy atom. The summed E-state index contributed by atoms with van der Waals surface area (Å²) >= 11 is 0. The minimum absolute atomic E-state index is 0.233. The zero-order chi connectivity index (χ0) is 15.8. The third-order valence-electron chi connectivity index (χ3n) is 5.25. The molecule has 2 aliphatic heterocycles. The molecule has 0 saturated carbocycles. The monoisotopic (exact) mass is 306 g/mol. The normalized spacial score (nSPS) is 22.4. The van der Waals surface area contributed by atoms with Gasteiger partial charge in [0.25, 0.3) is 0 Å². The van der Waals surface area contributed by atoms with Gasteiger partial charge in [-0.1, -0.05) is 48.5 Å². The summed E-state index contributed by atoms with van der Waals surface area (Å²) < 4.78 is 0. The molecule has 1 saturated heterocycles. The van der Waals surface area contributed by atoms with Gasteiger partial charge in [0.05, 0.1) is 12.6 Å². The molecule has 2 atom stereocenters. The van der Waals surface area contributed by atoms with Gasteiger partial charge in [0, 0.05) is 18.3 Å². The summed E-state index contributed by atoms with van der Waals surface area (Å²) in [6.45, 7) is 3.66. The summed E-state index contributed by atoms with van der Waals surface area (Å²) in [6.07, 6.45) is 2.12. The Labute approximate surface area is 137 Å². The zero-order valence-corrected chi connectivity index (χ0v) is 13.5. The zero-order valence-electron chi connectivity index (χ0n) is 13.5. The van der Waals surface area contributed by atoms with E-state index in [1.165, 1.54) is 11.1 Å². The van der Waals surface area contributed by atoms with Crippen LogP contribution in [0.4, 0.5) is 5.69 Å². The van der Waals surface area contributed by atoms with Crippen molar-refractivity contribution in [3.63, 3.8) is 0 Å². The number of para-hydroxylation sites is 1. The van der Waals surface area contributed by atoms with Gasteiger partial charge in [-0.3, -0.25) is 9.69 Å². The topological polar surface area (TPSA) is 23.6 Å². The van der Waals surface area contributed by atoms with E-state index in [0.29, 0.717) is 12.6 Å². The maximum Gasteiger partial charge on any atom is 0.241 e. The number of anilines is 1. The number of hydrogen-bond acceptors (Lipinski definition) is 2. The summed E-state index contributed by atoms with van der Waals surface area (Å²) in [4.78, 5) is 17.2. The fraction of sp³-hybridized carbons (Fsp3) is 0.350. The maximum atomic E-state index is 12.8. The number of fused-ring (bicyclic) bond motifs is 3. The lowest BCUT2D eigenvalue weighted by atomic mass is 9.92. The van der Waals surface area contributed by atoms with Gasteiger partial charge in [-0.05, 0) is 37.0 Å². The minimum atomic E-state index is 0.233. The molecule has 2 aliphatic rings. The molecule has 2 aromatic carbocycles. The molecule has 0 unspecified atom stereocenters. The van der Waals surface area contributed by atoms with Crippen molar-refractivity contribution in [3.05, 3.63) is 65.7 Å². The number of benzene rings is 2. The van der Waals surface area contributed by atoms with E-state index in [4.69, 9.17) is 0 Å². The van der Waals surface area contributed by atoms with Gasteiger partial charge in [0.15, 0.2) is 0 Å². The molecule has 4 rings (SSSR count). The molecule has 118 valence electrons. The molecule has 0 N–H and O–H groups in total. The van der Waals surface area contributed by atoms with Crippen molar-refractivity contribution in [2.75, 3.05) is 18.0 Å². The van der Waals surface area contributed by atoms with Crippen molar-refractivity contribution in [3.8, 4) is 0 Å². The van der Waals surface area contributed by atoms with E-state index in [2.05, 4.69) is 54.3 Å². The molecule has 0 aromatic heterocycles. The molecule has 0 spiro atoms. The summed E-state index contributed by atoms with van der Waals surface area (Å²) in [5.74, 6) is 0.233. The van der Waals surface area contributed by atoms with E-state index in [1.54, 1.807) is 0 Å². The molecule has 0 radical (unpaired) electrons. The van der Waals surface area contributed by atoms with E-state index < -0.39 is 0 Å². The minimum Gasteiger partial charge on any atom is -0.307 e. The number of rotatable bonds is 2. The number of nitrogens with zero attached hydrogens (tertiary/aromatic N) is 2. The van der Waals surface area contributed by atoms with Crippen molar-refractivity contribution in [1.29, 1.82) is 0 Å². The van der Waals surface area contributed by atoms with E-state index in [9.17, 15) is 4.79 Å². The molecular formula is C20H22N2O. The van der Waals surface area contributed by atoms with Gasteiger partial charge in [-0.2, -0.15) is 0 Å². The first-order chi connectivity index (χ1) is 11.2. The highest BCUT2D eigenvalue weighted by molar-refractivity contribution is 5.97. The molecule has 3 heteroatoms. The predicted molar refractivity (Wildman–Crippen MR) is 92.5 cm³/mol. The lowest BCUT2D eigenvalue weighted by Gasteiger charge is -2.46. The van der Waals surface area contributed by atoms with Crippen LogP contribution in [0.25, 0.3) is 0 Å². The first-order valence-corrected chi connectivity index (χ1v) is 8.43. The Morgan fingerprint density at radius 1 is 1.04 bits per heavy atom. The summed E-state index contributed by atoms with van der Waals surface area (Å²) in [6, 6.07) is 19.4. The molecule has 1 fully saturated rings. The smallest absolute Gasteiger partial charge is 0.241 e. The van der Waals surface area contributed by atoms with E-state index in [0.717, 1.165) is 25.1 Å². The van der Waals surface area contributed by atoms with Crippen LogP contribution in [0, 0.1) is 0 Å². The van der Waals surface area contributed by atoms with Crippen LogP contribution in [0.15, 0.2) is 54.6 Å². The first-order valence-electron chi connectivity index (χ1n) is 8.43. The molecule has 2 heterocycles. The van der Waals surface area contributed by atoms with Gasteiger partial charge in [0.2, 0.25) is 5.91 Å². The molecule has 1 amide bonds. The number of carbonyl (C=O) groups excluding carboxylic acids is 1. The molecule has 3 nitrogen and oxygen atoms in total. The largest absolute Gasteiger partial charge is 0.307 e. The van der Waals surface area contributed by atoms with Crippen LogP contribution in [0.2, 0.25) is 0 Å². The van der Waals surface area contributed by atoms with Gasteiger partial charge in [-0.25, -0.2) is 0 Å². The summed E-state index contributed by atoms with van der Waals surface area (Å²) in [5.41, 5.74) is 3.72. The highest BCUT2D eigenvalue weighted by atomic mass is 16.2. The van der Waals surface area contributed by atoms with Gasteiger partial charge >= 0.3 is 0 Å². The molecule has 0 aliphatic carbocycles. The maximum absolute atomic E-state index is 12.8. The van der Waals surface area contributed by atoms with Crippen LogP contribution in [0.3, 0.4) is 0 Å². The Kier molecular flexibility index (Phi) is 3.66. The second kappa shape index (κ2) is 5.82. The van der Waals surface area contributed by atoms with Crippen molar-refractivity contribution in [2.45, 2.75) is 31.8 Å². The van der Waals surface area contributed by atoms with Crippen LogP contribution in [0.5, 0.6) is 0 Å². The number of piperazine rings is 1. The second-order valence-corrected chi connectivity index (χ2v) is 6.60. The third-order valence-corrected chi connectivity index (χ3v) is 5.25. The Morgan fingerprint density at radius 2 is 1.78 bits per heavy atom. The molecular weight excluding hydrogens is 284 g/mol. The van der Waals surface area contributed by atoms with Crippen molar-refractivity contribution in [1.82, 2.24) is 4.90 Å². The third kappa shape index (κ3) is 2.55. The van der Waals surface area contributed by atoms with Gasteiger partial charge in [-0.15, -0.1) is 0 Å². The Hall–Kier alpha value is -2.13. The van der Waals surface area contributed by atoms with Crippen molar-refractivity contribution >= 4 is 11.6 Å². The standard InChI is InChI=1S/C20H22N2O/c1-15(16-7-3-2-4-8-16)21-13-18-12-11-17-9-5-6-10-19(17)22(18)20(23)14-21/h2-10,15,18H,11-14H2,1H3/t15-,18+/m0/s1. The second-order valence-electron chi connectivity index (χ2n) is 6.60. The molecule has 23 heavy (non-hydrogen) atoms. The lowest BCUT2D eigenvalue weighted by molar-refractivity contribution is -0.123. The van der Waals surface area contributed by atoms with E-state index in [-0.39, 0.29) is 11.9 Å². The molecule has 0 bridgehead atoms. The number of aryl methyl sites for hydroxylation is 1. The van der Waals surface area contributed by atoms with E-state index >= 15 is 0 Å². The molecule has 2 aromatic rings. The SMILES string of the molecule is C[C@@H](c1ccccc1)N1CC(=O)N2c3ccccc3CC[C@@H]2C1. The number of amides is 1. The fourth-order valence-electron chi connectivity index (χ4n) is 3.94. The highest BCUT2D eigenvalue weighted by Gasteiger charge is 2.38. The van der Waals surface area contributed by atoms with Gasteiger partial charge < -0.3 is 4.90 Å².